The number of carbonyl (C=O) groups excluding carboxylic acids is 1. The Balaban J connectivity index is 1.86. The van der Waals surface area contributed by atoms with E-state index in [2.05, 4.69) is 28.3 Å². The number of aliphatic hydroxyl groups is 1. The molecule has 0 spiro atoms. The smallest absolute Gasteiger partial charge is 0.274 e. The average molecular weight is 298 g/mol. The Hall–Kier alpha value is -2.16. The molecule has 2 aromatic heterocycles. The zero-order valence-electron chi connectivity index (χ0n) is 11.4. The molecule has 0 aromatic carbocycles. The van der Waals surface area contributed by atoms with Crippen molar-refractivity contribution in [3.05, 3.63) is 51.5 Å². The van der Waals surface area contributed by atoms with Crippen molar-refractivity contribution < 1.29 is 9.90 Å². The first-order valence-electron chi connectivity index (χ1n) is 6.69. The Morgan fingerprint density at radius 3 is 3.24 bits per heavy atom. The molecular weight excluding hydrogens is 284 g/mol. The first-order valence-corrected chi connectivity index (χ1v) is 7.57. The first kappa shape index (κ1) is 13.8. The van der Waals surface area contributed by atoms with Crippen molar-refractivity contribution in [3.63, 3.8) is 0 Å². The lowest BCUT2D eigenvalue weighted by molar-refractivity contribution is 0.0729. The van der Waals surface area contributed by atoms with Crippen LogP contribution in [0.1, 0.15) is 26.5 Å². The van der Waals surface area contributed by atoms with E-state index >= 15 is 0 Å². The highest BCUT2D eigenvalue weighted by molar-refractivity contribution is 7.10. The van der Waals surface area contributed by atoms with Gasteiger partial charge in [-0.1, -0.05) is 11.8 Å². The van der Waals surface area contributed by atoms with Gasteiger partial charge in [0.1, 0.15) is 12.3 Å². The van der Waals surface area contributed by atoms with E-state index in [0.29, 0.717) is 24.3 Å². The summed E-state index contributed by atoms with van der Waals surface area (Å²) in [5, 5.41) is 10.9. The average Bonchev–Trinajstić information content (AvgIpc) is 3.00. The van der Waals surface area contributed by atoms with Gasteiger partial charge in [-0.05, 0) is 35.6 Å². The largest absolute Gasteiger partial charge is 0.384 e. The SMILES string of the molecule is O=C(c1ncccc1C#CCO)N1CCc2sccc2C1. The summed E-state index contributed by atoms with van der Waals surface area (Å²) in [5.74, 6) is 5.26. The summed E-state index contributed by atoms with van der Waals surface area (Å²) in [4.78, 5) is 20.0. The highest BCUT2D eigenvalue weighted by Gasteiger charge is 2.24. The van der Waals surface area contributed by atoms with Gasteiger partial charge >= 0.3 is 0 Å². The van der Waals surface area contributed by atoms with Gasteiger partial charge in [0, 0.05) is 24.2 Å². The van der Waals surface area contributed by atoms with Crippen LogP contribution < -0.4 is 0 Å². The van der Waals surface area contributed by atoms with Gasteiger partial charge in [-0.15, -0.1) is 11.3 Å². The molecule has 4 nitrogen and oxygen atoms in total. The standard InChI is InChI=1S/C16H14N2O2S/c19-9-2-4-12-3-1-7-17-15(12)16(20)18-8-5-14-13(11-18)6-10-21-14/h1,3,6-7,10,19H,5,8-9,11H2. The molecule has 0 atom stereocenters. The van der Waals surface area contributed by atoms with E-state index in [9.17, 15) is 4.79 Å². The summed E-state index contributed by atoms with van der Waals surface area (Å²) in [6, 6.07) is 5.57. The van der Waals surface area contributed by atoms with Crippen molar-refractivity contribution in [2.75, 3.05) is 13.2 Å². The number of aromatic nitrogens is 1. The molecule has 5 heteroatoms. The molecule has 0 unspecified atom stereocenters. The predicted molar refractivity (Wildman–Crippen MR) is 81.0 cm³/mol. The molecule has 0 saturated carbocycles. The zero-order valence-corrected chi connectivity index (χ0v) is 12.2. The maximum Gasteiger partial charge on any atom is 0.274 e. The number of thiophene rings is 1. The van der Waals surface area contributed by atoms with E-state index in [1.807, 2.05) is 4.90 Å². The zero-order chi connectivity index (χ0) is 14.7. The van der Waals surface area contributed by atoms with Crippen LogP contribution >= 0.6 is 11.3 Å². The molecule has 3 heterocycles. The lowest BCUT2D eigenvalue weighted by Gasteiger charge is -2.27. The molecule has 0 fully saturated rings. The fourth-order valence-electron chi connectivity index (χ4n) is 2.38. The topological polar surface area (TPSA) is 53.4 Å². The van der Waals surface area contributed by atoms with Crippen molar-refractivity contribution in [1.82, 2.24) is 9.88 Å². The van der Waals surface area contributed by atoms with Crippen LogP contribution in [0.5, 0.6) is 0 Å². The molecule has 1 aliphatic heterocycles. The molecule has 106 valence electrons. The number of carbonyl (C=O) groups is 1. The number of nitrogens with zero attached hydrogens (tertiary/aromatic N) is 2. The van der Waals surface area contributed by atoms with E-state index in [0.717, 1.165) is 6.42 Å². The number of rotatable bonds is 1. The van der Waals surface area contributed by atoms with Gasteiger partial charge < -0.3 is 10.0 Å². The fourth-order valence-corrected chi connectivity index (χ4v) is 3.27. The fraction of sp³-hybridized carbons (Fsp3) is 0.250. The van der Waals surface area contributed by atoms with Crippen molar-refractivity contribution in [3.8, 4) is 11.8 Å². The van der Waals surface area contributed by atoms with Crippen molar-refractivity contribution in [2.24, 2.45) is 0 Å². The first-order chi connectivity index (χ1) is 10.3. The Bertz CT molecular complexity index is 727. The molecular formula is C16H14N2O2S. The quantitative estimate of drug-likeness (QED) is 0.815. The summed E-state index contributed by atoms with van der Waals surface area (Å²) in [5.41, 5.74) is 2.14. The van der Waals surface area contributed by atoms with Crippen LogP contribution in [0.2, 0.25) is 0 Å². The molecule has 1 amide bonds. The van der Waals surface area contributed by atoms with Gasteiger partial charge in [-0.25, -0.2) is 4.98 Å². The summed E-state index contributed by atoms with van der Waals surface area (Å²) in [6.07, 6.45) is 2.49. The van der Waals surface area contributed by atoms with Crippen LogP contribution in [0.25, 0.3) is 0 Å². The van der Waals surface area contributed by atoms with E-state index in [4.69, 9.17) is 5.11 Å². The Morgan fingerprint density at radius 2 is 2.38 bits per heavy atom. The normalized spacial score (nSPS) is 13.3. The number of aliphatic hydroxyl groups excluding tert-OH is 1. The minimum atomic E-state index is -0.232. The number of pyridine rings is 1. The molecule has 0 saturated heterocycles. The van der Waals surface area contributed by atoms with Crippen molar-refractivity contribution in [2.45, 2.75) is 13.0 Å². The van der Waals surface area contributed by atoms with Crippen LogP contribution in [0.3, 0.4) is 0 Å². The maximum atomic E-state index is 12.7. The highest BCUT2D eigenvalue weighted by atomic mass is 32.1. The Kier molecular flexibility index (Phi) is 4.00. The molecule has 3 rings (SSSR count). The van der Waals surface area contributed by atoms with Crippen LogP contribution in [-0.2, 0) is 13.0 Å². The van der Waals surface area contributed by atoms with E-state index < -0.39 is 0 Å². The van der Waals surface area contributed by atoms with Crippen molar-refractivity contribution in [1.29, 1.82) is 0 Å². The lowest BCUT2D eigenvalue weighted by atomic mass is 10.1. The van der Waals surface area contributed by atoms with Gasteiger partial charge in [0.15, 0.2) is 0 Å². The molecule has 1 aliphatic rings. The third-order valence-electron chi connectivity index (χ3n) is 3.41. The molecule has 1 N–H and O–H groups in total. The minimum Gasteiger partial charge on any atom is -0.384 e. The summed E-state index contributed by atoms with van der Waals surface area (Å²) < 4.78 is 0. The van der Waals surface area contributed by atoms with Crippen LogP contribution in [0.4, 0.5) is 0 Å². The second-order valence-electron chi connectivity index (χ2n) is 4.71. The molecule has 0 bridgehead atoms. The van der Waals surface area contributed by atoms with E-state index in [1.165, 1.54) is 10.4 Å². The molecule has 21 heavy (non-hydrogen) atoms. The van der Waals surface area contributed by atoms with Gasteiger partial charge in [0.25, 0.3) is 5.91 Å². The van der Waals surface area contributed by atoms with Crippen LogP contribution in [0, 0.1) is 11.8 Å². The Labute approximate surface area is 127 Å². The van der Waals surface area contributed by atoms with Crippen molar-refractivity contribution >= 4 is 17.2 Å². The summed E-state index contributed by atoms with van der Waals surface area (Å²) >= 11 is 1.75. The minimum absolute atomic E-state index is 0.102. The highest BCUT2D eigenvalue weighted by Crippen LogP contribution is 2.25. The third-order valence-corrected chi connectivity index (χ3v) is 4.43. The van der Waals surface area contributed by atoms with Gasteiger partial charge in [-0.2, -0.15) is 0 Å². The Morgan fingerprint density at radius 1 is 1.48 bits per heavy atom. The van der Waals surface area contributed by atoms with Crippen LogP contribution in [0.15, 0.2) is 29.8 Å². The second-order valence-corrected chi connectivity index (χ2v) is 5.71. The number of amides is 1. The summed E-state index contributed by atoms with van der Waals surface area (Å²) in [6.45, 7) is 1.10. The third kappa shape index (κ3) is 2.82. The number of hydrogen-bond acceptors (Lipinski definition) is 4. The van der Waals surface area contributed by atoms with Crippen LogP contribution in [-0.4, -0.2) is 34.0 Å². The lowest BCUT2D eigenvalue weighted by Crippen LogP contribution is -2.36. The monoisotopic (exact) mass is 298 g/mol. The predicted octanol–water partition coefficient (Wildman–Crippen LogP) is 1.69. The van der Waals surface area contributed by atoms with Gasteiger partial charge in [-0.3, -0.25) is 4.79 Å². The van der Waals surface area contributed by atoms with Gasteiger partial charge in [0.2, 0.25) is 0 Å². The molecule has 2 aromatic rings. The number of fused-ring (bicyclic) bond motifs is 1. The second kappa shape index (κ2) is 6.08. The summed E-state index contributed by atoms with van der Waals surface area (Å²) in [7, 11) is 0. The van der Waals surface area contributed by atoms with Gasteiger partial charge in [0.05, 0.1) is 5.56 Å². The number of hydrogen-bond donors (Lipinski definition) is 1. The molecule has 0 aliphatic carbocycles. The maximum absolute atomic E-state index is 12.7. The molecule has 0 radical (unpaired) electrons. The van der Waals surface area contributed by atoms with E-state index in [1.54, 1.807) is 29.7 Å². The van der Waals surface area contributed by atoms with E-state index in [-0.39, 0.29) is 12.5 Å².